The van der Waals surface area contributed by atoms with Crippen molar-refractivity contribution >= 4 is 55.3 Å². The highest BCUT2D eigenvalue weighted by Crippen LogP contribution is 2.46. The number of fused-ring (bicyclic) bond motifs is 2. The first-order chi connectivity index (χ1) is 22.0. The van der Waals surface area contributed by atoms with E-state index in [9.17, 15) is 18.0 Å². The van der Waals surface area contributed by atoms with Crippen molar-refractivity contribution in [3.8, 4) is 5.75 Å². The lowest BCUT2D eigenvalue weighted by atomic mass is 9.88. The van der Waals surface area contributed by atoms with Gasteiger partial charge in [-0.1, -0.05) is 47.5 Å². The second-order valence-electron chi connectivity index (χ2n) is 11.6. The normalized spacial score (nSPS) is 14.3. The van der Waals surface area contributed by atoms with E-state index in [0.29, 0.717) is 41.1 Å². The topological polar surface area (TPSA) is 105 Å². The number of ketones is 1. The van der Waals surface area contributed by atoms with Crippen LogP contribution in [-0.2, 0) is 14.8 Å². The third-order valence-corrected chi connectivity index (χ3v) is 10.2. The summed E-state index contributed by atoms with van der Waals surface area (Å²) in [4.78, 5) is 28.9. The maximum Gasteiger partial charge on any atom is 0.241 e. The summed E-state index contributed by atoms with van der Waals surface area (Å²) in [6.07, 6.45) is 1.25. The molecule has 46 heavy (non-hydrogen) atoms. The predicted octanol–water partition coefficient (Wildman–Crippen LogP) is 6.59. The Bertz CT molecular complexity index is 1920. The van der Waals surface area contributed by atoms with Crippen LogP contribution in [0, 0.1) is 0 Å². The van der Waals surface area contributed by atoms with Crippen LogP contribution in [-0.4, -0.2) is 54.4 Å². The molecule has 1 aliphatic carbocycles. The molecule has 0 spiro atoms. The summed E-state index contributed by atoms with van der Waals surface area (Å²) >= 11 is 6.04. The zero-order chi connectivity index (χ0) is 33.0. The number of hydrogen-bond acceptors (Lipinski definition) is 6. The van der Waals surface area contributed by atoms with E-state index in [0.717, 1.165) is 33.3 Å². The Morgan fingerprint density at radius 3 is 2.33 bits per heavy atom. The molecule has 0 aliphatic heterocycles. The van der Waals surface area contributed by atoms with E-state index in [1.54, 1.807) is 43.5 Å². The highest BCUT2D eigenvalue weighted by atomic mass is 35.5. The largest absolute Gasteiger partial charge is 0.497 e. The lowest BCUT2D eigenvalue weighted by molar-refractivity contribution is -0.120. The number of carbonyl (C=O) groups is 2. The standard InChI is InChI=1S/C36H38ClN3O5S/c1-23-30(31-21-26(45-4)17-18-29(31)35(23)36(42)24-13-15-25(37)16-14-24)22-34(41)38-19-5-6-20-39-46(43,44)33-12-8-9-27-28(33)10-7-11-32(27)40(2)3/h7-18,21,35,39H,5-6,19-20,22H2,1-4H3,(H,38,41). The van der Waals surface area contributed by atoms with Gasteiger partial charge in [0.1, 0.15) is 5.75 Å². The number of benzene rings is 4. The van der Waals surface area contributed by atoms with Gasteiger partial charge in [-0.05, 0) is 85.0 Å². The molecule has 1 amide bonds. The molecule has 0 bridgehead atoms. The van der Waals surface area contributed by atoms with Gasteiger partial charge in [0.2, 0.25) is 15.9 Å². The number of Topliss-reactive ketones (excluding diaryl/α,β-unsaturated/α-hetero) is 1. The molecule has 1 atom stereocenters. The van der Waals surface area contributed by atoms with E-state index in [1.165, 1.54) is 0 Å². The van der Waals surface area contributed by atoms with Gasteiger partial charge in [0, 0.05) is 54.2 Å². The molecule has 0 radical (unpaired) electrons. The molecule has 8 nitrogen and oxygen atoms in total. The summed E-state index contributed by atoms with van der Waals surface area (Å²) in [5, 5.41) is 5.05. The molecule has 0 fully saturated rings. The molecule has 0 saturated heterocycles. The number of nitrogens with one attached hydrogen (secondary N) is 2. The fourth-order valence-electron chi connectivity index (χ4n) is 6.02. The van der Waals surface area contributed by atoms with Crippen LogP contribution >= 0.6 is 11.6 Å². The maximum atomic E-state index is 13.6. The zero-order valence-electron chi connectivity index (χ0n) is 26.4. The molecule has 1 unspecified atom stereocenters. The van der Waals surface area contributed by atoms with Crippen molar-refractivity contribution in [1.29, 1.82) is 0 Å². The fraction of sp³-hybridized carbons (Fsp3) is 0.278. The smallest absolute Gasteiger partial charge is 0.241 e. The molecular formula is C36H38ClN3O5S. The van der Waals surface area contributed by atoms with Crippen LogP contribution in [0.4, 0.5) is 5.69 Å². The first-order valence-electron chi connectivity index (χ1n) is 15.1. The van der Waals surface area contributed by atoms with Gasteiger partial charge >= 0.3 is 0 Å². The van der Waals surface area contributed by atoms with Crippen LogP contribution in [0.5, 0.6) is 5.75 Å². The number of rotatable bonds is 13. The lowest BCUT2D eigenvalue weighted by Gasteiger charge is -2.17. The number of methoxy groups -OCH3 is 1. The Morgan fingerprint density at radius 2 is 1.61 bits per heavy atom. The summed E-state index contributed by atoms with van der Waals surface area (Å²) in [6, 6.07) is 23.3. The summed E-state index contributed by atoms with van der Waals surface area (Å²) in [6.45, 7) is 2.54. The van der Waals surface area contributed by atoms with Gasteiger partial charge in [-0.3, -0.25) is 9.59 Å². The number of sulfonamides is 1. The molecule has 240 valence electrons. The Hall–Kier alpha value is -4.18. The number of allylic oxidation sites excluding steroid dienone is 1. The number of nitrogens with zero attached hydrogens (tertiary/aromatic N) is 1. The highest BCUT2D eigenvalue weighted by molar-refractivity contribution is 7.89. The molecule has 4 aromatic rings. The van der Waals surface area contributed by atoms with E-state index in [1.807, 2.05) is 68.4 Å². The zero-order valence-corrected chi connectivity index (χ0v) is 28.0. The van der Waals surface area contributed by atoms with Gasteiger partial charge in [0.05, 0.1) is 24.3 Å². The Kier molecular flexibility index (Phi) is 10.2. The summed E-state index contributed by atoms with van der Waals surface area (Å²) < 4.78 is 34.5. The first kappa shape index (κ1) is 33.2. The molecular weight excluding hydrogens is 622 g/mol. The molecule has 0 saturated carbocycles. The SMILES string of the molecule is COc1ccc2c(c1)C(CC(=O)NCCCCNS(=O)(=O)c1cccc3c(N(C)C)cccc13)=C(C)C2C(=O)c1ccc(Cl)cc1. The van der Waals surface area contributed by atoms with E-state index < -0.39 is 15.9 Å². The third-order valence-electron chi connectivity index (χ3n) is 8.38. The molecule has 5 rings (SSSR count). The number of carbonyl (C=O) groups excluding carboxylic acids is 2. The van der Waals surface area contributed by atoms with Crippen LogP contribution in [0.3, 0.4) is 0 Å². The second kappa shape index (κ2) is 14.1. The quantitative estimate of drug-likeness (QED) is 0.124. The fourth-order valence-corrected chi connectivity index (χ4v) is 7.44. The minimum absolute atomic E-state index is 0.0555. The Labute approximate surface area is 275 Å². The average Bonchev–Trinajstić information content (AvgIpc) is 3.31. The Balaban J connectivity index is 1.19. The lowest BCUT2D eigenvalue weighted by Crippen LogP contribution is -2.27. The summed E-state index contributed by atoms with van der Waals surface area (Å²) in [5.41, 5.74) is 4.81. The van der Waals surface area contributed by atoms with Crippen LogP contribution in [0.1, 0.15) is 53.6 Å². The minimum atomic E-state index is -3.73. The first-order valence-corrected chi connectivity index (χ1v) is 17.0. The van der Waals surface area contributed by atoms with Crippen molar-refractivity contribution in [2.75, 3.05) is 39.2 Å². The monoisotopic (exact) mass is 659 g/mol. The van der Waals surface area contributed by atoms with E-state index in [2.05, 4.69) is 10.0 Å². The molecule has 2 N–H and O–H groups in total. The van der Waals surface area contributed by atoms with Gasteiger partial charge in [0.15, 0.2) is 5.78 Å². The highest BCUT2D eigenvalue weighted by Gasteiger charge is 2.35. The number of halogens is 1. The summed E-state index contributed by atoms with van der Waals surface area (Å²) in [5.74, 6) is -0.0851. The number of amides is 1. The van der Waals surface area contributed by atoms with Gasteiger partial charge in [-0.2, -0.15) is 0 Å². The van der Waals surface area contributed by atoms with Gasteiger partial charge in [-0.25, -0.2) is 13.1 Å². The number of anilines is 1. The number of ether oxygens (including phenoxy) is 1. The average molecular weight is 660 g/mol. The van der Waals surface area contributed by atoms with Crippen molar-refractivity contribution in [1.82, 2.24) is 10.0 Å². The third kappa shape index (κ3) is 6.97. The van der Waals surface area contributed by atoms with Crippen molar-refractivity contribution in [2.24, 2.45) is 0 Å². The van der Waals surface area contributed by atoms with Crippen LogP contribution in [0.2, 0.25) is 5.02 Å². The van der Waals surface area contributed by atoms with Crippen molar-refractivity contribution in [3.63, 3.8) is 0 Å². The van der Waals surface area contributed by atoms with Gasteiger partial charge < -0.3 is 15.0 Å². The Morgan fingerprint density at radius 1 is 0.913 bits per heavy atom. The van der Waals surface area contributed by atoms with Crippen LogP contribution in [0.15, 0.2) is 89.3 Å². The number of hydrogen-bond donors (Lipinski definition) is 2. The van der Waals surface area contributed by atoms with Crippen molar-refractivity contribution < 1.29 is 22.7 Å². The molecule has 1 aliphatic rings. The predicted molar refractivity (Wildman–Crippen MR) is 184 cm³/mol. The summed E-state index contributed by atoms with van der Waals surface area (Å²) in [7, 11) is 1.70. The number of unbranched alkanes of at least 4 members (excludes halogenated alkanes) is 1. The van der Waals surface area contributed by atoms with E-state index in [4.69, 9.17) is 16.3 Å². The molecule has 10 heteroatoms. The minimum Gasteiger partial charge on any atom is -0.497 e. The van der Waals surface area contributed by atoms with Crippen LogP contribution < -0.4 is 19.7 Å². The van der Waals surface area contributed by atoms with Gasteiger partial charge in [0.25, 0.3) is 0 Å². The van der Waals surface area contributed by atoms with Crippen molar-refractivity contribution in [3.05, 3.63) is 106 Å². The van der Waals surface area contributed by atoms with E-state index in [-0.39, 0.29) is 29.6 Å². The van der Waals surface area contributed by atoms with E-state index >= 15 is 0 Å². The maximum absolute atomic E-state index is 13.6. The van der Waals surface area contributed by atoms with Crippen LogP contribution in [0.25, 0.3) is 16.3 Å². The molecule has 0 aromatic heterocycles. The molecule has 4 aromatic carbocycles. The second-order valence-corrected chi connectivity index (χ2v) is 13.7. The molecule has 0 heterocycles. The van der Waals surface area contributed by atoms with Crippen molar-refractivity contribution in [2.45, 2.75) is 37.0 Å². The van der Waals surface area contributed by atoms with Gasteiger partial charge in [-0.15, -0.1) is 0 Å².